The second kappa shape index (κ2) is 7.47. The summed E-state index contributed by atoms with van der Waals surface area (Å²) in [5.41, 5.74) is 2.89. The fraction of sp³-hybridized carbons (Fsp3) is 0.571. The van der Waals surface area contributed by atoms with Crippen LogP contribution in [0.1, 0.15) is 44.2 Å². The van der Waals surface area contributed by atoms with Crippen LogP contribution in [0.4, 0.5) is 0 Å². The van der Waals surface area contributed by atoms with E-state index in [-0.39, 0.29) is 0 Å². The summed E-state index contributed by atoms with van der Waals surface area (Å²) in [6.07, 6.45) is 5.00. The molecule has 0 unspecified atom stereocenters. The van der Waals surface area contributed by atoms with E-state index in [2.05, 4.69) is 43.4 Å². The minimum Gasteiger partial charge on any atom is -0.313 e. The van der Waals surface area contributed by atoms with Crippen molar-refractivity contribution in [1.82, 2.24) is 5.32 Å². The molecule has 0 fully saturated rings. The third-order valence-electron chi connectivity index (χ3n) is 2.57. The molecule has 15 heavy (non-hydrogen) atoms. The first kappa shape index (κ1) is 12.3. The Morgan fingerprint density at radius 1 is 1.07 bits per heavy atom. The van der Waals surface area contributed by atoms with Crippen molar-refractivity contribution in [3.05, 3.63) is 35.4 Å². The highest BCUT2D eigenvalue weighted by molar-refractivity contribution is 5.23. The molecule has 0 aromatic heterocycles. The number of nitrogens with one attached hydrogen (secondary N) is 1. The molecule has 0 aliphatic carbocycles. The average molecular weight is 205 g/mol. The van der Waals surface area contributed by atoms with Crippen LogP contribution in [-0.4, -0.2) is 6.54 Å². The lowest BCUT2D eigenvalue weighted by Gasteiger charge is -2.06. The molecule has 1 heteroatoms. The van der Waals surface area contributed by atoms with Crippen molar-refractivity contribution in [2.24, 2.45) is 0 Å². The van der Waals surface area contributed by atoms with Crippen molar-refractivity contribution in [2.45, 2.75) is 46.1 Å². The van der Waals surface area contributed by atoms with Gasteiger partial charge < -0.3 is 5.32 Å². The van der Waals surface area contributed by atoms with Crippen molar-refractivity contribution in [2.75, 3.05) is 6.54 Å². The molecule has 0 aliphatic rings. The average Bonchev–Trinajstić information content (AvgIpc) is 2.27. The van der Waals surface area contributed by atoms with E-state index in [4.69, 9.17) is 0 Å². The first-order valence-electron chi connectivity index (χ1n) is 6.15. The molecule has 0 saturated carbocycles. The minimum absolute atomic E-state index is 1.01. The third-order valence-corrected chi connectivity index (χ3v) is 2.57. The fourth-order valence-electron chi connectivity index (χ4n) is 1.69. The number of hydrogen-bond donors (Lipinski definition) is 1. The van der Waals surface area contributed by atoms with Gasteiger partial charge in [-0.15, -0.1) is 0 Å². The van der Waals surface area contributed by atoms with Crippen LogP contribution in [0.25, 0.3) is 0 Å². The Bertz CT molecular complexity index is 268. The molecule has 1 rings (SSSR count). The van der Waals surface area contributed by atoms with Crippen LogP contribution < -0.4 is 5.32 Å². The van der Waals surface area contributed by atoms with E-state index in [9.17, 15) is 0 Å². The molecule has 0 heterocycles. The van der Waals surface area contributed by atoms with Crippen molar-refractivity contribution in [3.63, 3.8) is 0 Å². The standard InChI is InChI=1S/C14H23N/c1-3-5-7-13-8-6-9-14(11-13)12-15-10-4-2/h6,8-9,11,15H,3-5,7,10,12H2,1-2H3. The molecule has 0 saturated heterocycles. The van der Waals surface area contributed by atoms with Gasteiger partial charge in [-0.2, -0.15) is 0 Å². The van der Waals surface area contributed by atoms with Gasteiger partial charge in [0.1, 0.15) is 0 Å². The number of unbranched alkanes of at least 4 members (excludes halogenated alkanes) is 1. The zero-order valence-electron chi connectivity index (χ0n) is 10.1. The topological polar surface area (TPSA) is 12.0 Å². The van der Waals surface area contributed by atoms with Gasteiger partial charge in [-0.3, -0.25) is 0 Å². The summed E-state index contributed by atoms with van der Waals surface area (Å²) in [4.78, 5) is 0. The van der Waals surface area contributed by atoms with Gasteiger partial charge in [0.25, 0.3) is 0 Å². The predicted octanol–water partition coefficient (Wildman–Crippen LogP) is 3.53. The molecule has 0 spiro atoms. The van der Waals surface area contributed by atoms with Crippen LogP contribution in [0.15, 0.2) is 24.3 Å². The van der Waals surface area contributed by atoms with Crippen LogP contribution in [0.5, 0.6) is 0 Å². The highest BCUT2D eigenvalue weighted by Gasteiger charge is 1.95. The van der Waals surface area contributed by atoms with Crippen LogP contribution in [0, 0.1) is 0 Å². The third kappa shape index (κ3) is 4.98. The summed E-state index contributed by atoms with van der Waals surface area (Å²) < 4.78 is 0. The van der Waals surface area contributed by atoms with Crippen LogP contribution >= 0.6 is 0 Å². The maximum atomic E-state index is 3.43. The van der Waals surface area contributed by atoms with Gasteiger partial charge in [0.2, 0.25) is 0 Å². The van der Waals surface area contributed by atoms with Crippen molar-refractivity contribution in [1.29, 1.82) is 0 Å². The second-order valence-corrected chi connectivity index (χ2v) is 4.10. The van der Waals surface area contributed by atoms with Crippen LogP contribution in [0.2, 0.25) is 0 Å². The monoisotopic (exact) mass is 205 g/mol. The Morgan fingerprint density at radius 2 is 1.87 bits per heavy atom. The first-order valence-corrected chi connectivity index (χ1v) is 6.15. The first-order chi connectivity index (χ1) is 7.36. The summed E-state index contributed by atoms with van der Waals surface area (Å²) >= 11 is 0. The second-order valence-electron chi connectivity index (χ2n) is 4.10. The van der Waals surface area contributed by atoms with E-state index < -0.39 is 0 Å². The van der Waals surface area contributed by atoms with E-state index in [1.54, 1.807) is 0 Å². The number of aryl methyl sites for hydroxylation is 1. The normalized spacial score (nSPS) is 10.5. The molecule has 0 aliphatic heterocycles. The number of benzene rings is 1. The summed E-state index contributed by atoms with van der Waals surface area (Å²) in [6.45, 7) is 6.56. The van der Waals surface area contributed by atoms with Gasteiger partial charge >= 0.3 is 0 Å². The lowest BCUT2D eigenvalue weighted by Crippen LogP contribution is -2.13. The van der Waals surface area contributed by atoms with E-state index in [0.29, 0.717) is 0 Å². The highest BCUT2D eigenvalue weighted by Crippen LogP contribution is 2.08. The molecule has 0 bridgehead atoms. The largest absolute Gasteiger partial charge is 0.313 e. The zero-order chi connectivity index (χ0) is 10.9. The van der Waals surface area contributed by atoms with E-state index in [1.165, 1.54) is 36.8 Å². The van der Waals surface area contributed by atoms with Gasteiger partial charge in [0.15, 0.2) is 0 Å². The molecule has 1 nitrogen and oxygen atoms in total. The lowest BCUT2D eigenvalue weighted by molar-refractivity contribution is 0.674. The molecule has 0 atom stereocenters. The van der Waals surface area contributed by atoms with Gasteiger partial charge in [-0.1, -0.05) is 44.5 Å². The number of rotatable bonds is 7. The highest BCUT2D eigenvalue weighted by atomic mass is 14.8. The van der Waals surface area contributed by atoms with Crippen molar-refractivity contribution >= 4 is 0 Å². The molecule has 0 amide bonds. The molecule has 1 N–H and O–H groups in total. The predicted molar refractivity (Wildman–Crippen MR) is 67.1 cm³/mol. The van der Waals surface area contributed by atoms with Gasteiger partial charge in [-0.25, -0.2) is 0 Å². The zero-order valence-corrected chi connectivity index (χ0v) is 10.1. The van der Waals surface area contributed by atoms with Gasteiger partial charge in [-0.05, 0) is 36.9 Å². The lowest BCUT2D eigenvalue weighted by atomic mass is 10.1. The smallest absolute Gasteiger partial charge is 0.0205 e. The Balaban J connectivity index is 2.42. The molecular weight excluding hydrogens is 182 g/mol. The van der Waals surface area contributed by atoms with E-state index >= 15 is 0 Å². The Morgan fingerprint density at radius 3 is 2.60 bits per heavy atom. The Labute approximate surface area is 93.9 Å². The molecule has 0 radical (unpaired) electrons. The molecule has 1 aromatic carbocycles. The van der Waals surface area contributed by atoms with Crippen molar-refractivity contribution in [3.8, 4) is 0 Å². The SMILES string of the molecule is CCCCc1cccc(CNCCC)c1. The van der Waals surface area contributed by atoms with Crippen molar-refractivity contribution < 1.29 is 0 Å². The summed E-state index contributed by atoms with van der Waals surface area (Å²) in [7, 11) is 0. The summed E-state index contributed by atoms with van der Waals surface area (Å²) in [6, 6.07) is 8.95. The maximum absolute atomic E-state index is 3.43. The maximum Gasteiger partial charge on any atom is 0.0205 e. The Hall–Kier alpha value is -0.820. The quantitative estimate of drug-likeness (QED) is 0.671. The summed E-state index contributed by atoms with van der Waals surface area (Å²) in [5.74, 6) is 0. The minimum atomic E-state index is 1.01. The summed E-state index contributed by atoms with van der Waals surface area (Å²) in [5, 5.41) is 3.43. The van der Waals surface area contributed by atoms with Gasteiger partial charge in [0.05, 0.1) is 0 Å². The van der Waals surface area contributed by atoms with E-state index in [1.807, 2.05) is 0 Å². The Kier molecular flexibility index (Phi) is 6.10. The van der Waals surface area contributed by atoms with Crippen LogP contribution in [0.3, 0.4) is 0 Å². The van der Waals surface area contributed by atoms with Crippen LogP contribution in [-0.2, 0) is 13.0 Å². The number of hydrogen-bond acceptors (Lipinski definition) is 1. The molecule has 84 valence electrons. The van der Waals surface area contributed by atoms with E-state index in [0.717, 1.165) is 13.1 Å². The molecular formula is C14H23N. The molecule has 1 aromatic rings. The van der Waals surface area contributed by atoms with Gasteiger partial charge in [0, 0.05) is 6.54 Å². The fourth-order valence-corrected chi connectivity index (χ4v) is 1.69.